The minimum atomic E-state index is -0.782. The van der Waals surface area contributed by atoms with Gasteiger partial charge in [0, 0.05) is 38.7 Å². The number of nitrogens with one attached hydrogen (secondary N) is 2. The SMILES string of the molecule is CCN1CCN(C2=Nc3cc(C4NC(=O)NC4=O)oc3CC=C2)CC1. The van der Waals surface area contributed by atoms with E-state index in [1.807, 2.05) is 12.2 Å². The van der Waals surface area contributed by atoms with E-state index in [-0.39, 0.29) is 0 Å². The Morgan fingerprint density at radius 1 is 1.28 bits per heavy atom. The van der Waals surface area contributed by atoms with E-state index >= 15 is 0 Å². The fourth-order valence-electron chi connectivity index (χ4n) is 3.34. The molecule has 0 radical (unpaired) electrons. The Balaban J connectivity index is 1.56. The first kappa shape index (κ1) is 15.9. The molecular weight excluding hydrogens is 322 g/mol. The van der Waals surface area contributed by atoms with E-state index in [1.165, 1.54) is 0 Å². The zero-order valence-electron chi connectivity index (χ0n) is 14.1. The third-order valence-electron chi connectivity index (χ3n) is 4.81. The lowest BCUT2D eigenvalue weighted by atomic mass is 10.2. The summed E-state index contributed by atoms with van der Waals surface area (Å²) in [7, 11) is 0. The number of piperazine rings is 1. The van der Waals surface area contributed by atoms with Crippen LogP contribution in [0.4, 0.5) is 10.5 Å². The molecule has 25 heavy (non-hydrogen) atoms. The number of amidine groups is 1. The van der Waals surface area contributed by atoms with Crippen molar-refractivity contribution in [2.45, 2.75) is 19.4 Å². The maximum Gasteiger partial charge on any atom is 0.322 e. The van der Waals surface area contributed by atoms with Crippen LogP contribution in [-0.4, -0.2) is 60.3 Å². The lowest BCUT2D eigenvalue weighted by Crippen LogP contribution is -2.48. The van der Waals surface area contributed by atoms with Crippen molar-refractivity contribution in [1.29, 1.82) is 0 Å². The van der Waals surface area contributed by atoms with E-state index in [9.17, 15) is 9.59 Å². The summed E-state index contributed by atoms with van der Waals surface area (Å²) in [6, 6.07) is 0.468. The average Bonchev–Trinajstić information content (AvgIpc) is 3.10. The number of likely N-dealkylation sites (N-methyl/N-ethyl adjacent to an activating group) is 1. The van der Waals surface area contributed by atoms with Gasteiger partial charge in [-0.3, -0.25) is 10.1 Å². The summed E-state index contributed by atoms with van der Waals surface area (Å²) in [5, 5.41) is 4.77. The van der Waals surface area contributed by atoms with Gasteiger partial charge in [-0.2, -0.15) is 0 Å². The molecule has 0 spiro atoms. The summed E-state index contributed by atoms with van der Waals surface area (Å²) >= 11 is 0. The number of urea groups is 1. The van der Waals surface area contributed by atoms with E-state index in [0.717, 1.165) is 44.2 Å². The fourth-order valence-corrected chi connectivity index (χ4v) is 3.34. The van der Waals surface area contributed by atoms with Crippen LogP contribution in [0.5, 0.6) is 0 Å². The minimum Gasteiger partial charge on any atom is -0.461 e. The molecule has 2 saturated heterocycles. The van der Waals surface area contributed by atoms with E-state index in [0.29, 0.717) is 17.9 Å². The van der Waals surface area contributed by atoms with Crippen molar-refractivity contribution in [1.82, 2.24) is 20.4 Å². The van der Waals surface area contributed by atoms with Gasteiger partial charge in [-0.1, -0.05) is 13.0 Å². The Morgan fingerprint density at radius 3 is 2.76 bits per heavy atom. The minimum absolute atomic E-state index is 0.399. The molecule has 132 valence electrons. The smallest absolute Gasteiger partial charge is 0.322 e. The Kier molecular flexibility index (Phi) is 4.04. The molecule has 3 amide bonds. The number of allylic oxidation sites excluding steroid dienone is 1. The number of nitrogens with zero attached hydrogens (tertiary/aromatic N) is 3. The number of aliphatic imine (C=N–C) groups is 1. The van der Waals surface area contributed by atoms with E-state index < -0.39 is 18.0 Å². The second-order valence-electron chi connectivity index (χ2n) is 6.35. The number of carbonyl (C=O) groups is 2. The highest BCUT2D eigenvalue weighted by atomic mass is 16.3. The Labute approximate surface area is 145 Å². The molecule has 3 aliphatic heterocycles. The van der Waals surface area contributed by atoms with Gasteiger partial charge < -0.3 is 19.5 Å². The normalized spacial score (nSPS) is 23.8. The lowest BCUT2D eigenvalue weighted by Gasteiger charge is -2.35. The van der Waals surface area contributed by atoms with Gasteiger partial charge >= 0.3 is 6.03 Å². The molecular formula is C17H21N5O3. The Morgan fingerprint density at radius 2 is 2.08 bits per heavy atom. The highest BCUT2D eigenvalue weighted by molar-refractivity contribution is 6.04. The van der Waals surface area contributed by atoms with Gasteiger partial charge in [0.15, 0.2) is 6.04 Å². The number of amides is 3. The second kappa shape index (κ2) is 6.36. The van der Waals surface area contributed by atoms with Crippen molar-refractivity contribution >= 4 is 23.5 Å². The summed E-state index contributed by atoms with van der Waals surface area (Å²) < 4.78 is 5.80. The number of rotatable bonds is 2. The molecule has 0 saturated carbocycles. The van der Waals surface area contributed by atoms with Crippen LogP contribution >= 0.6 is 0 Å². The van der Waals surface area contributed by atoms with E-state index in [4.69, 9.17) is 9.41 Å². The van der Waals surface area contributed by atoms with Crippen LogP contribution in [0.3, 0.4) is 0 Å². The standard InChI is InChI=1S/C17H21N5O3/c1-2-21-6-8-22(9-7-21)14-5-3-4-12-11(18-14)10-13(25-12)15-16(23)20-17(24)19-15/h3,5,10,15H,2,4,6-9H2,1H3,(H2,19,20,23,24). The van der Waals surface area contributed by atoms with Crippen LogP contribution in [-0.2, 0) is 11.2 Å². The summed E-state index contributed by atoms with van der Waals surface area (Å²) in [4.78, 5) is 32.6. The van der Waals surface area contributed by atoms with Gasteiger partial charge in [0.05, 0.1) is 0 Å². The maximum absolute atomic E-state index is 11.8. The van der Waals surface area contributed by atoms with E-state index in [2.05, 4.69) is 27.4 Å². The molecule has 0 bridgehead atoms. The Hall–Kier alpha value is -2.61. The molecule has 1 aromatic rings. The fraction of sp³-hybridized carbons (Fsp3) is 0.471. The molecule has 3 aliphatic rings. The molecule has 4 rings (SSSR count). The van der Waals surface area contributed by atoms with Gasteiger partial charge in [0.1, 0.15) is 23.0 Å². The molecule has 1 atom stereocenters. The molecule has 2 fully saturated rings. The van der Waals surface area contributed by atoms with Crippen molar-refractivity contribution in [2.75, 3.05) is 32.7 Å². The van der Waals surface area contributed by atoms with Gasteiger partial charge in [-0.25, -0.2) is 9.79 Å². The van der Waals surface area contributed by atoms with Crippen molar-refractivity contribution in [3.8, 4) is 0 Å². The van der Waals surface area contributed by atoms with Crippen LogP contribution in [0, 0.1) is 0 Å². The van der Waals surface area contributed by atoms with Crippen LogP contribution < -0.4 is 10.6 Å². The first-order valence-corrected chi connectivity index (χ1v) is 8.60. The lowest BCUT2D eigenvalue weighted by molar-refractivity contribution is -0.120. The maximum atomic E-state index is 11.8. The highest BCUT2D eigenvalue weighted by Gasteiger charge is 2.34. The van der Waals surface area contributed by atoms with Crippen molar-refractivity contribution in [3.63, 3.8) is 0 Å². The summed E-state index contributed by atoms with van der Waals surface area (Å²) in [5.74, 6) is 1.65. The predicted octanol–water partition coefficient (Wildman–Crippen LogP) is 0.940. The third-order valence-corrected chi connectivity index (χ3v) is 4.81. The molecule has 8 nitrogen and oxygen atoms in total. The molecule has 1 unspecified atom stereocenters. The van der Waals surface area contributed by atoms with Crippen LogP contribution in [0.1, 0.15) is 24.5 Å². The molecule has 1 aromatic heterocycles. The zero-order chi connectivity index (χ0) is 17.4. The average molecular weight is 343 g/mol. The first-order valence-electron chi connectivity index (χ1n) is 8.60. The van der Waals surface area contributed by atoms with Gasteiger partial charge in [-0.15, -0.1) is 0 Å². The van der Waals surface area contributed by atoms with E-state index in [1.54, 1.807) is 6.07 Å². The molecule has 4 heterocycles. The van der Waals surface area contributed by atoms with Crippen molar-refractivity contribution < 1.29 is 14.0 Å². The predicted molar refractivity (Wildman–Crippen MR) is 91.7 cm³/mol. The van der Waals surface area contributed by atoms with Gasteiger partial charge in [-0.05, 0) is 12.6 Å². The second-order valence-corrected chi connectivity index (χ2v) is 6.35. The third kappa shape index (κ3) is 3.05. The molecule has 2 N–H and O–H groups in total. The van der Waals surface area contributed by atoms with Crippen LogP contribution in [0.15, 0.2) is 27.6 Å². The van der Waals surface area contributed by atoms with Gasteiger partial charge in [0.2, 0.25) is 0 Å². The summed E-state index contributed by atoms with van der Waals surface area (Å²) in [6.07, 6.45) is 4.66. The largest absolute Gasteiger partial charge is 0.461 e. The first-order chi connectivity index (χ1) is 12.1. The summed E-state index contributed by atoms with van der Waals surface area (Å²) in [6.45, 7) is 7.19. The van der Waals surface area contributed by atoms with Crippen LogP contribution in [0.2, 0.25) is 0 Å². The van der Waals surface area contributed by atoms with Crippen molar-refractivity contribution in [2.24, 2.45) is 4.99 Å². The number of hydrogen-bond acceptors (Lipinski definition) is 6. The molecule has 8 heteroatoms. The number of furan rings is 1. The molecule has 0 aliphatic carbocycles. The number of imide groups is 1. The monoisotopic (exact) mass is 343 g/mol. The zero-order valence-corrected chi connectivity index (χ0v) is 14.1. The topological polar surface area (TPSA) is 90.2 Å². The van der Waals surface area contributed by atoms with Crippen LogP contribution in [0.25, 0.3) is 0 Å². The Bertz CT molecular complexity index is 758. The molecule has 0 aromatic carbocycles. The quantitative estimate of drug-likeness (QED) is 0.780. The van der Waals surface area contributed by atoms with Gasteiger partial charge in [0.25, 0.3) is 5.91 Å². The van der Waals surface area contributed by atoms with Crippen molar-refractivity contribution in [3.05, 3.63) is 29.7 Å². The highest BCUT2D eigenvalue weighted by Crippen LogP contribution is 2.31. The number of fused-ring (bicyclic) bond motifs is 1. The summed E-state index contributed by atoms with van der Waals surface area (Å²) in [5.41, 5.74) is 0.724. The number of hydrogen-bond donors (Lipinski definition) is 2. The number of carbonyl (C=O) groups excluding carboxylic acids is 2.